The first-order valence-electron chi connectivity index (χ1n) is 9.49. The molecule has 158 valence electrons. The van der Waals surface area contributed by atoms with Gasteiger partial charge >= 0.3 is 6.18 Å². The van der Waals surface area contributed by atoms with Gasteiger partial charge in [0.15, 0.2) is 0 Å². The van der Waals surface area contributed by atoms with Gasteiger partial charge in [0.2, 0.25) is 0 Å². The van der Waals surface area contributed by atoms with Crippen LogP contribution in [-0.4, -0.2) is 18.4 Å². The molecule has 4 nitrogen and oxygen atoms in total. The van der Waals surface area contributed by atoms with E-state index >= 15 is 0 Å². The molecule has 1 aromatic heterocycles. The van der Waals surface area contributed by atoms with Crippen molar-refractivity contribution in [2.24, 2.45) is 0 Å². The van der Waals surface area contributed by atoms with Crippen LogP contribution in [-0.2, 0) is 15.8 Å². The molecule has 3 aromatic rings. The molecule has 0 atom stereocenters. The molecular weight excluding hydrogens is 425 g/mol. The van der Waals surface area contributed by atoms with E-state index in [0.29, 0.717) is 11.4 Å². The summed E-state index contributed by atoms with van der Waals surface area (Å²) >= 11 is 1.32. The van der Waals surface area contributed by atoms with Crippen LogP contribution in [0.25, 0.3) is 5.57 Å². The number of halogens is 3. The second kappa shape index (κ2) is 8.03. The number of carbonyl (C=O) groups is 2. The van der Waals surface area contributed by atoms with E-state index in [1.54, 1.807) is 22.4 Å². The van der Waals surface area contributed by atoms with Crippen molar-refractivity contribution in [3.63, 3.8) is 0 Å². The maximum Gasteiger partial charge on any atom is 0.416 e. The molecule has 0 unspecified atom stereocenters. The molecular formula is C23H17F3N2O2S. The van der Waals surface area contributed by atoms with Gasteiger partial charge in [-0.15, -0.1) is 11.3 Å². The molecule has 0 bridgehead atoms. The normalized spacial score (nSPS) is 14.5. The van der Waals surface area contributed by atoms with Crippen molar-refractivity contribution in [1.29, 1.82) is 0 Å². The van der Waals surface area contributed by atoms with E-state index < -0.39 is 23.6 Å². The lowest BCUT2D eigenvalue weighted by Crippen LogP contribution is -2.35. The average Bonchev–Trinajstić information content (AvgIpc) is 3.36. The number of hydrogen-bond acceptors (Lipinski definition) is 4. The van der Waals surface area contributed by atoms with Crippen LogP contribution in [0, 0.1) is 0 Å². The minimum atomic E-state index is -4.50. The van der Waals surface area contributed by atoms with Crippen molar-refractivity contribution in [2.75, 3.05) is 16.3 Å². The smallest absolute Gasteiger partial charge is 0.337 e. The molecule has 8 heteroatoms. The molecule has 1 aliphatic heterocycles. The predicted molar refractivity (Wildman–Crippen MR) is 115 cm³/mol. The number of rotatable bonds is 5. The van der Waals surface area contributed by atoms with Gasteiger partial charge in [-0.2, -0.15) is 13.2 Å². The highest BCUT2D eigenvalue weighted by atomic mass is 32.1. The van der Waals surface area contributed by atoms with Gasteiger partial charge in [-0.25, -0.2) is 4.90 Å². The minimum absolute atomic E-state index is 0.0937. The molecule has 0 N–H and O–H groups in total. The summed E-state index contributed by atoms with van der Waals surface area (Å²) in [4.78, 5) is 30.1. The van der Waals surface area contributed by atoms with Crippen LogP contribution in [0.2, 0.25) is 0 Å². The molecule has 2 heterocycles. The molecule has 0 saturated carbocycles. The number of imide groups is 1. The van der Waals surface area contributed by atoms with E-state index in [2.05, 4.69) is 0 Å². The highest BCUT2D eigenvalue weighted by Gasteiger charge is 2.43. The Bertz CT molecular complexity index is 1140. The highest BCUT2D eigenvalue weighted by molar-refractivity contribution is 7.11. The Morgan fingerprint density at radius 1 is 0.903 bits per heavy atom. The number of benzene rings is 2. The molecule has 1 aliphatic rings. The molecule has 0 saturated heterocycles. The van der Waals surface area contributed by atoms with E-state index in [0.717, 1.165) is 34.9 Å². The van der Waals surface area contributed by atoms with Gasteiger partial charge in [0.1, 0.15) is 5.70 Å². The van der Waals surface area contributed by atoms with Gasteiger partial charge in [-0.1, -0.05) is 24.3 Å². The summed E-state index contributed by atoms with van der Waals surface area (Å²) in [5.41, 5.74) is 0.439. The summed E-state index contributed by atoms with van der Waals surface area (Å²) in [6.45, 7) is 2.29. The fraction of sp³-hybridized carbons (Fsp3) is 0.130. The van der Waals surface area contributed by atoms with Crippen LogP contribution in [0.1, 0.15) is 17.4 Å². The van der Waals surface area contributed by atoms with Crippen LogP contribution in [0.15, 0.2) is 77.8 Å². The maximum atomic E-state index is 13.5. The topological polar surface area (TPSA) is 40.6 Å². The number of amides is 2. The summed E-state index contributed by atoms with van der Waals surface area (Å²) in [6, 6.07) is 16.7. The fourth-order valence-electron chi connectivity index (χ4n) is 3.52. The number of carbonyl (C=O) groups excluding carboxylic acids is 2. The number of hydrogen-bond donors (Lipinski definition) is 0. The second-order valence-corrected chi connectivity index (χ2v) is 7.72. The van der Waals surface area contributed by atoms with Crippen molar-refractivity contribution in [3.8, 4) is 0 Å². The monoisotopic (exact) mass is 442 g/mol. The first kappa shape index (κ1) is 20.9. The SMILES string of the molecule is CCN(C1=C(c2cccs2)C(=O)N(c2ccc(C(F)(F)F)cc2)C1=O)c1ccccc1. The predicted octanol–water partition coefficient (Wildman–Crippen LogP) is 5.58. The van der Waals surface area contributed by atoms with Gasteiger partial charge < -0.3 is 4.90 Å². The van der Waals surface area contributed by atoms with E-state index in [1.807, 2.05) is 37.3 Å². The Labute approximate surface area is 180 Å². The third-order valence-electron chi connectivity index (χ3n) is 4.93. The zero-order valence-electron chi connectivity index (χ0n) is 16.4. The van der Waals surface area contributed by atoms with Crippen molar-refractivity contribution in [1.82, 2.24) is 0 Å². The molecule has 0 radical (unpaired) electrons. The molecule has 2 aromatic carbocycles. The first-order chi connectivity index (χ1) is 14.8. The van der Waals surface area contributed by atoms with Crippen LogP contribution in [0.3, 0.4) is 0 Å². The number of alkyl halides is 3. The van der Waals surface area contributed by atoms with Crippen LogP contribution in [0.4, 0.5) is 24.5 Å². The summed E-state index contributed by atoms with van der Waals surface area (Å²) in [6.07, 6.45) is -4.50. The van der Waals surface area contributed by atoms with Crippen LogP contribution in [0.5, 0.6) is 0 Å². The third kappa shape index (κ3) is 3.74. The van der Waals surface area contributed by atoms with Crippen LogP contribution < -0.4 is 9.80 Å². The van der Waals surface area contributed by atoms with Crippen molar-refractivity contribution in [3.05, 3.63) is 88.2 Å². The van der Waals surface area contributed by atoms with E-state index in [-0.39, 0.29) is 17.0 Å². The summed E-state index contributed by atoms with van der Waals surface area (Å²) in [5, 5.41) is 1.80. The molecule has 0 fully saturated rings. The lowest BCUT2D eigenvalue weighted by Gasteiger charge is -2.24. The Hall–Kier alpha value is -3.39. The first-order valence-corrected chi connectivity index (χ1v) is 10.4. The highest BCUT2D eigenvalue weighted by Crippen LogP contribution is 2.39. The molecule has 4 rings (SSSR count). The molecule has 31 heavy (non-hydrogen) atoms. The lowest BCUT2D eigenvalue weighted by molar-refractivity contribution is -0.137. The van der Waals surface area contributed by atoms with Gasteiger partial charge in [0.25, 0.3) is 11.8 Å². The van der Waals surface area contributed by atoms with E-state index in [9.17, 15) is 22.8 Å². The quantitative estimate of drug-likeness (QED) is 0.485. The van der Waals surface area contributed by atoms with Gasteiger partial charge in [0, 0.05) is 17.1 Å². The Balaban J connectivity index is 1.82. The number of para-hydroxylation sites is 1. The van der Waals surface area contributed by atoms with E-state index in [1.165, 1.54) is 11.3 Å². The second-order valence-electron chi connectivity index (χ2n) is 6.77. The maximum absolute atomic E-state index is 13.5. The average molecular weight is 442 g/mol. The van der Waals surface area contributed by atoms with E-state index in [4.69, 9.17) is 0 Å². The van der Waals surface area contributed by atoms with Crippen LogP contribution >= 0.6 is 11.3 Å². The number of anilines is 2. The molecule has 2 amide bonds. The van der Waals surface area contributed by atoms with Gasteiger partial charge in [-0.05, 0) is 54.8 Å². The summed E-state index contributed by atoms with van der Waals surface area (Å²) in [5.74, 6) is -1.13. The standard InChI is InChI=1S/C23H17F3N2O2S/c1-2-27(16-7-4-3-5-8-16)20-19(18-9-6-14-31-18)21(29)28(22(20)30)17-12-10-15(11-13-17)23(24,25)26/h3-14H,2H2,1H3. The zero-order chi connectivity index (χ0) is 22.2. The zero-order valence-corrected chi connectivity index (χ0v) is 17.2. The Morgan fingerprint density at radius 3 is 2.13 bits per heavy atom. The Morgan fingerprint density at radius 2 is 1.58 bits per heavy atom. The van der Waals surface area contributed by atoms with Gasteiger partial charge in [-0.3, -0.25) is 9.59 Å². The van der Waals surface area contributed by atoms with Crippen molar-refractivity contribution in [2.45, 2.75) is 13.1 Å². The van der Waals surface area contributed by atoms with Gasteiger partial charge in [0.05, 0.1) is 16.8 Å². The third-order valence-corrected chi connectivity index (χ3v) is 5.82. The molecule has 0 aliphatic carbocycles. The fourth-order valence-corrected chi connectivity index (χ4v) is 4.29. The summed E-state index contributed by atoms with van der Waals surface area (Å²) in [7, 11) is 0. The van der Waals surface area contributed by atoms with Crippen molar-refractivity contribution >= 4 is 40.1 Å². The number of thiophene rings is 1. The lowest BCUT2D eigenvalue weighted by atomic mass is 10.1. The number of nitrogens with zero attached hydrogens (tertiary/aromatic N) is 2. The molecule has 0 spiro atoms. The largest absolute Gasteiger partial charge is 0.416 e. The Kier molecular flexibility index (Phi) is 5.41. The summed E-state index contributed by atoms with van der Waals surface area (Å²) < 4.78 is 38.8. The number of likely N-dealkylation sites (N-methyl/N-ethyl adjacent to an activating group) is 1. The minimum Gasteiger partial charge on any atom is -0.337 e. The van der Waals surface area contributed by atoms with Crippen molar-refractivity contribution < 1.29 is 22.8 Å².